The first-order valence-corrected chi connectivity index (χ1v) is 6.23. The Hall–Kier alpha value is -1.81. The topological polar surface area (TPSA) is 44.1 Å². The highest BCUT2D eigenvalue weighted by Gasteiger charge is 2.16. The number of aromatic nitrogens is 2. The Bertz CT molecular complexity index is 647. The monoisotopic (exact) mass is 278 g/mol. The van der Waals surface area contributed by atoms with Gasteiger partial charge in [0.1, 0.15) is 11.4 Å². The molecule has 4 nitrogen and oxygen atoms in total. The molecule has 0 atom stereocenters. The Morgan fingerprint density at radius 2 is 2.00 bits per heavy atom. The Balaban J connectivity index is 2.71. The van der Waals surface area contributed by atoms with Crippen molar-refractivity contribution in [2.24, 2.45) is 0 Å². The van der Waals surface area contributed by atoms with Gasteiger partial charge in [0.05, 0.1) is 24.1 Å². The molecule has 1 aromatic carbocycles. The van der Waals surface area contributed by atoms with Crippen molar-refractivity contribution in [2.45, 2.75) is 20.8 Å². The maximum Gasteiger partial charge on any atom is 0.153 e. The number of rotatable bonds is 3. The molecule has 0 saturated heterocycles. The van der Waals surface area contributed by atoms with Gasteiger partial charge >= 0.3 is 0 Å². The zero-order valence-electron chi connectivity index (χ0n) is 11.3. The van der Waals surface area contributed by atoms with Gasteiger partial charge < -0.3 is 4.74 Å². The molecule has 0 saturated carbocycles. The van der Waals surface area contributed by atoms with Crippen molar-refractivity contribution in [3.63, 3.8) is 0 Å². The van der Waals surface area contributed by atoms with Gasteiger partial charge in [-0.05, 0) is 32.4 Å². The van der Waals surface area contributed by atoms with E-state index >= 15 is 0 Å². The van der Waals surface area contributed by atoms with Crippen LogP contribution >= 0.6 is 11.6 Å². The zero-order valence-corrected chi connectivity index (χ0v) is 12.1. The number of halogens is 1. The summed E-state index contributed by atoms with van der Waals surface area (Å²) in [5.74, 6) is 0.624. The second kappa shape index (κ2) is 5.05. The number of benzene rings is 1. The van der Waals surface area contributed by atoms with Crippen LogP contribution in [0.15, 0.2) is 12.1 Å². The third-order valence-electron chi connectivity index (χ3n) is 3.15. The van der Waals surface area contributed by atoms with Gasteiger partial charge in [-0.25, -0.2) is 4.68 Å². The van der Waals surface area contributed by atoms with E-state index in [4.69, 9.17) is 16.3 Å². The van der Waals surface area contributed by atoms with E-state index in [0.29, 0.717) is 22.0 Å². The van der Waals surface area contributed by atoms with Crippen LogP contribution in [0.2, 0.25) is 5.02 Å². The van der Waals surface area contributed by atoms with Gasteiger partial charge in [0.15, 0.2) is 6.29 Å². The van der Waals surface area contributed by atoms with Crippen molar-refractivity contribution in [3.05, 3.63) is 39.7 Å². The number of hydrogen-bond donors (Lipinski definition) is 0. The molecule has 5 heteroatoms. The van der Waals surface area contributed by atoms with E-state index in [2.05, 4.69) is 5.10 Å². The van der Waals surface area contributed by atoms with Crippen LogP contribution in [0.5, 0.6) is 5.75 Å². The number of carbonyl (C=O) groups is 1. The lowest BCUT2D eigenvalue weighted by atomic mass is 10.2. The van der Waals surface area contributed by atoms with Crippen LogP contribution in [0.4, 0.5) is 0 Å². The zero-order chi connectivity index (χ0) is 14.2. The quantitative estimate of drug-likeness (QED) is 0.810. The molecular formula is C14H15ClN2O2. The number of nitrogens with zero attached hydrogens (tertiary/aromatic N) is 2. The fourth-order valence-corrected chi connectivity index (χ4v) is 2.19. The number of aldehydes is 1. The first kappa shape index (κ1) is 13.6. The summed E-state index contributed by atoms with van der Waals surface area (Å²) in [7, 11) is 1.58. The second-order valence-electron chi connectivity index (χ2n) is 4.39. The normalized spacial score (nSPS) is 10.6. The third kappa shape index (κ3) is 2.24. The summed E-state index contributed by atoms with van der Waals surface area (Å²) in [4.78, 5) is 11.1. The summed E-state index contributed by atoms with van der Waals surface area (Å²) in [5.41, 5.74) is 3.79. The highest BCUT2D eigenvalue weighted by Crippen LogP contribution is 2.30. The summed E-state index contributed by atoms with van der Waals surface area (Å²) in [6, 6.07) is 3.65. The van der Waals surface area contributed by atoms with Crippen LogP contribution in [0.1, 0.15) is 27.3 Å². The molecule has 0 fully saturated rings. The number of carbonyl (C=O) groups excluding carboxylic acids is 1. The minimum atomic E-state index is 0.606. The minimum absolute atomic E-state index is 0.606. The van der Waals surface area contributed by atoms with Crippen molar-refractivity contribution in [1.29, 1.82) is 0 Å². The lowest BCUT2D eigenvalue weighted by Gasteiger charge is -2.12. The van der Waals surface area contributed by atoms with Crippen LogP contribution in [0.25, 0.3) is 5.69 Å². The van der Waals surface area contributed by atoms with Crippen molar-refractivity contribution < 1.29 is 9.53 Å². The molecule has 0 bridgehead atoms. The fourth-order valence-electron chi connectivity index (χ4n) is 2.04. The molecule has 0 unspecified atom stereocenters. The molecule has 2 rings (SSSR count). The van der Waals surface area contributed by atoms with E-state index in [1.165, 1.54) is 0 Å². The molecule has 1 aromatic heterocycles. The Kier molecular flexibility index (Phi) is 3.62. The van der Waals surface area contributed by atoms with Gasteiger partial charge in [0.2, 0.25) is 0 Å². The average Bonchev–Trinajstić information content (AvgIpc) is 2.67. The Morgan fingerprint density at radius 3 is 2.53 bits per heavy atom. The highest BCUT2D eigenvalue weighted by atomic mass is 35.5. The molecule has 0 radical (unpaired) electrons. The third-order valence-corrected chi connectivity index (χ3v) is 3.56. The second-order valence-corrected chi connectivity index (χ2v) is 4.79. The van der Waals surface area contributed by atoms with Gasteiger partial charge in [0.25, 0.3) is 0 Å². The number of ether oxygens (including phenoxy) is 1. The van der Waals surface area contributed by atoms with Gasteiger partial charge in [-0.15, -0.1) is 0 Å². The molecule has 2 aromatic rings. The van der Waals surface area contributed by atoms with Crippen molar-refractivity contribution >= 4 is 17.9 Å². The Labute approximate surface area is 116 Å². The Morgan fingerprint density at radius 1 is 1.32 bits per heavy atom. The summed E-state index contributed by atoms with van der Waals surface area (Å²) < 4.78 is 7.05. The summed E-state index contributed by atoms with van der Waals surface area (Å²) in [5, 5.41) is 5.03. The molecule has 0 spiro atoms. The summed E-state index contributed by atoms with van der Waals surface area (Å²) >= 11 is 6.09. The molecule has 0 N–H and O–H groups in total. The lowest BCUT2D eigenvalue weighted by molar-refractivity contribution is 0.112. The van der Waals surface area contributed by atoms with Crippen LogP contribution in [0, 0.1) is 20.8 Å². The van der Waals surface area contributed by atoms with E-state index in [1.54, 1.807) is 17.9 Å². The molecule has 100 valence electrons. The average molecular weight is 279 g/mol. The van der Waals surface area contributed by atoms with Gasteiger partial charge in [-0.1, -0.05) is 11.6 Å². The molecular weight excluding hydrogens is 264 g/mol. The van der Waals surface area contributed by atoms with Gasteiger partial charge in [-0.3, -0.25) is 4.79 Å². The first-order chi connectivity index (χ1) is 8.99. The number of methoxy groups -OCH3 is 1. The van der Waals surface area contributed by atoms with Crippen LogP contribution < -0.4 is 4.74 Å². The predicted molar refractivity (Wildman–Crippen MR) is 74.7 cm³/mol. The first-order valence-electron chi connectivity index (χ1n) is 5.85. The maximum atomic E-state index is 11.1. The standard InChI is InChI=1S/C14H15ClN2O2/c1-8-5-13(14(19-4)6-12(8)15)17-10(3)11(7-18)9(2)16-17/h5-7H,1-4H3. The summed E-state index contributed by atoms with van der Waals surface area (Å²) in [6.07, 6.45) is 0.823. The van der Waals surface area contributed by atoms with Gasteiger partial charge in [0, 0.05) is 11.1 Å². The molecule has 19 heavy (non-hydrogen) atoms. The predicted octanol–water partition coefficient (Wildman–Crippen LogP) is 3.27. The molecule has 0 aliphatic carbocycles. The molecule has 0 aliphatic heterocycles. The largest absolute Gasteiger partial charge is 0.494 e. The maximum absolute atomic E-state index is 11.1. The highest BCUT2D eigenvalue weighted by molar-refractivity contribution is 6.31. The SMILES string of the molecule is COc1cc(Cl)c(C)cc1-n1nc(C)c(C=O)c1C. The van der Waals surface area contributed by atoms with Crippen LogP contribution in [-0.2, 0) is 0 Å². The van der Waals surface area contributed by atoms with Crippen molar-refractivity contribution in [1.82, 2.24) is 9.78 Å². The molecule has 0 amide bonds. The van der Waals surface area contributed by atoms with E-state index in [-0.39, 0.29) is 0 Å². The fraction of sp³-hybridized carbons (Fsp3) is 0.286. The van der Waals surface area contributed by atoms with E-state index in [9.17, 15) is 4.79 Å². The van der Waals surface area contributed by atoms with Crippen molar-refractivity contribution in [2.75, 3.05) is 7.11 Å². The van der Waals surface area contributed by atoms with E-state index in [1.807, 2.05) is 26.8 Å². The van der Waals surface area contributed by atoms with E-state index in [0.717, 1.165) is 23.2 Å². The van der Waals surface area contributed by atoms with Crippen molar-refractivity contribution in [3.8, 4) is 11.4 Å². The number of aryl methyl sites for hydroxylation is 2. The van der Waals surface area contributed by atoms with Crippen LogP contribution in [-0.4, -0.2) is 23.2 Å². The van der Waals surface area contributed by atoms with E-state index < -0.39 is 0 Å². The molecule has 1 heterocycles. The van der Waals surface area contributed by atoms with Crippen LogP contribution in [0.3, 0.4) is 0 Å². The lowest BCUT2D eigenvalue weighted by Crippen LogP contribution is -2.03. The number of hydrogen-bond acceptors (Lipinski definition) is 3. The van der Waals surface area contributed by atoms with Gasteiger partial charge in [-0.2, -0.15) is 5.10 Å². The molecule has 0 aliphatic rings. The summed E-state index contributed by atoms with van der Waals surface area (Å²) in [6.45, 7) is 5.58. The minimum Gasteiger partial charge on any atom is -0.494 e. The smallest absolute Gasteiger partial charge is 0.153 e.